The Bertz CT molecular complexity index is 751. The van der Waals surface area contributed by atoms with Crippen molar-refractivity contribution in [2.45, 2.75) is 31.7 Å². The summed E-state index contributed by atoms with van der Waals surface area (Å²) >= 11 is 0. The molecular formula is C22H27N3O2. The van der Waals surface area contributed by atoms with Crippen molar-refractivity contribution in [3.8, 4) is 11.5 Å². The van der Waals surface area contributed by atoms with E-state index < -0.39 is 0 Å². The van der Waals surface area contributed by atoms with Crippen molar-refractivity contribution in [2.24, 2.45) is 0 Å². The monoisotopic (exact) mass is 365 g/mol. The Balaban J connectivity index is 1.37. The van der Waals surface area contributed by atoms with Gasteiger partial charge in [0.2, 0.25) is 0 Å². The fourth-order valence-electron chi connectivity index (χ4n) is 3.91. The molecule has 1 heterocycles. The highest BCUT2D eigenvalue weighted by Crippen LogP contribution is 2.32. The minimum atomic E-state index is 0.0929. The van der Waals surface area contributed by atoms with Gasteiger partial charge in [-0.1, -0.05) is 43.2 Å². The molecule has 1 aliphatic carbocycles. The molecule has 0 radical (unpaired) electrons. The third-order valence-corrected chi connectivity index (χ3v) is 5.43. The molecule has 1 saturated heterocycles. The van der Waals surface area contributed by atoms with Crippen molar-refractivity contribution >= 4 is 11.7 Å². The molecule has 2 aromatic rings. The minimum Gasteiger partial charge on any atom is -0.455 e. The summed E-state index contributed by atoms with van der Waals surface area (Å²) in [5, 5.41) is 3.19. The Hall–Kier alpha value is -2.69. The van der Waals surface area contributed by atoms with Crippen LogP contribution >= 0.6 is 0 Å². The molecule has 0 unspecified atom stereocenters. The second-order valence-electron chi connectivity index (χ2n) is 7.29. The number of carbonyl (C=O) groups is 1. The number of nitrogens with one attached hydrogen (secondary N) is 1. The van der Waals surface area contributed by atoms with Crippen molar-refractivity contribution in [1.82, 2.24) is 10.2 Å². The first-order chi connectivity index (χ1) is 13.3. The summed E-state index contributed by atoms with van der Waals surface area (Å²) in [7, 11) is 0. The van der Waals surface area contributed by atoms with Gasteiger partial charge in [0.15, 0.2) is 5.75 Å². The Morgan fingerprint density at radius 3 is 2.30 bits per heavy atom. The molecule has 27 heavy (non-hydrogen) atoms. The Morgan fingerprint density at radius 1 is 0.889 bits per heavy atom. The number of hydrogen-bond acceptors (Lipinski definition) is 3. The minimum absolute atomic E-state index is 0.0929. The SMILES string of the molecule is O=C(NC1CCCC1)N1CCN(c2ccccc2Oc2ccccc2)CC1. The molecule has 2 aromatic carbocycles. The maximum absolute atomic E-state index is 12.5. The van der Waals surface area contributed by atoms with Crippen molar-refractivity contribution in [1.29, 1.82) is 0 Å². The third-order valence-electron chi connectivity index (χ3n) is 5.43. The van der Waals surface area contributed by atoms with Crippen LogP contribution in [-0.2, 0) is 0 Å². The van der Waals surface area contributed by atoms with Crippen molar-refractivity contribution in [2.75, 3.05) is 31.1 Å². The number of hydrogen-bond donors (Lipinski definition) is 1. The first-order valence-corrected chi connectivity index (χ1v) is 9.92. The lowest BCUT2D eigenvalue weighted by atomic mass is 10.2. The van der Waals surface area contributed by atoms with E-state index in [9.17, 15) is 4.79 Å². The van der Waals surface area contributed by atoms with Crippen molar-refractivity contribution in [3.05, 3.63) is 54.6 Å². The van der Waals surface area contributed by atoms with Gasteiger partial charge in [-0.15, -0.1) is 0 Å². The maximum Gasteiger partial charge on any atom is 0.317 e. The molecule has 2 fully saturated rings. The summed E-state index contributed by atoms with van der Waals surface area (Å²) in [5.74, 6) is 1.69. The highest BCUT2D eigenvalue weighted by atomic mass is 16.5. The van der Waals surface area contributed by atoms with E-state index in [1.54, 1.807) is 0 Å². The van der Waals surface area contributed by atoms with E-state index in [-0.39, 0.29) is 6.03 Å². The van der Waals surface area contributed by atoms with Gasteiger partial charge in [0.1, 0.15) is 5.75 Å². The number of para-hydroxylation sites is 3. The average molecular weight is 365 g/mol. The summed E-state index contributed by atoms with van der Waals surface area (Å²) in [5.41, 5.74) is 1.08. The Labute approximate surface area is 160 Å². The number of carbonyl (C=O) groups excluding carboxylic acids is 1. The smallest absolute Gasteiger partial charge is 0.317 e. The largest absolute Gasteiger partial charge is 0.455 e. The maximum atomic E-state index is 12.5. The van der Waals surface area contributed by atoms with Crippen LogP contribution in [0.15, 0.2) is 54.6 Å². The molecular weight excluding hydrogens is 338 g/mol. The number of piperazine rings is 1. The van der Waals surface area contributed by atoms with Gasteiger partial charge in [-0.05, 0) is 37.1 Å². The van der Waals surface area contributed by atoms with Crippen LogP contribution in [0.3, 0.4) is 0 Å². The molecule has 4 rings (SSSR count). The summed E-state index contributed by atoms with van der Waals surface area (Å²) in [6, 6.07) is 18.4. The fraction of sp³-hybridized carbons (Fsp3) is 0.409. The summed E-state index contributed by atoms with van der Waals surface area (Å²) < 4.78 is 6.09. The fourth-order valence-corrected chi connectivity index (χ4v) is 3.91. The van der Waals surface area contributed by atoms with Gasteiger partial charge in [0.05, 0.1) is 5.69 Å². The molecule has 0 bridgehead atoms. The third kappa shape index (κ3) is 4.35. The Kier molecular flexibility index (Phi) is 5.47. The zero-order valence-corrected chi connectivity index (χ0v) is 15.6. The zero-order chi connectivity index (χ0) is 18.5. The summed E-state index contributed by atoms with van der Waals surface area (Å²) in [4.78, 5) is 16.7. The second-order valence-corrected chi connectivity index (χ2v) is 7.29. The van der Waals surface area contributed by atoms with E-state index in [1.165, 1.54) is 12.8 Å². The molecule has 5 heteroatoms. The van der Waals surface area contributed by atoms with E-state index >= 15 is 0 Å². The Morgan fingerprint density at radius 2 is 1.56 bits per heavy atom. The van der Waals surface area contributed by atoms with E-state index in [1.807, 2.05) is 53.4 Å². The highest BCUT2D eigenvalue weighted by molar-refractivity contribution is 5.75. The number of ether oxygens (including phenoxy) is 1. The van der Waals surface area contributed by atoms with Gasteiger partial charge in [-0.3, -0.25) is 0 Å². The van der Waals surface area contributed by atoms with Crippen LogP contribution in [0.2, 0.25) is 0 Å². The molecule has 1 aliphatic heterocycles. The summed E-state index contributed by atoms with van der Waals surface area (Å²) in [6.45, 7) is 3.09. The van der Waals surface area contributed by atoms with Crippen LogP contribution in [-0.4, -0.2) is 43.2 Å². The molecule has 142 valence electrons. The van der Waals surface area contributed by atoms with E-state index in [0.717, 1.165) is 56.2 Å². The normalized spacial score (nSPS) is 17.8. The average Bonchev–Trinajstić information content (AvgIpc) is 3.22. The van der Waals surface area contributed by atoms with Crippen LogP contribution in [0.4, 0.5) is 10.5 Å². The second kappa shape index (κ2) is 8.33. The molecule has 1 saturated carbocycles. The quantitative estimate of drug-likeness (QED) is 0.881. The van der Waals surface area contributed by atoms with Crippen LogP contribution in [0, 0.1) is 0 Å². The van der Waals surface area contributed by atoms with Crippen LogP contribution < -0.4 is 15.0 Å². The van der Waals surface area contributed by atoms with Crippen LogP contribution in [0.5, 0.6) is 11.5 Å². The van der Waals surface area contributed by atoms with Gasteiger partial charge < -0.3 is 19.9 Å². The number of amides is 2. The number of rotatable bonds is 4. The molecule has 5 nitrogen and oxygen atoms in total. The van der Waals surface area contributed by atoms with Crippen molar-refractivity contribution < 1.29 is 9.53 Å². The van der Waals surface area contributed by atoms with E-state index in [4.69, 9.17) is 4.74 Å². The van der Waals surface area contributed by atoms with Gasteiger partial charge in [0.25, 0.3) is 0 Å². The van der Waals surface area contributed by atoms with E-state index in [2.05, 4.69) is 16.3 Å². The van der Waals surface area contributed by atoms with E-state index in [0.29, 0.717) is 6.04 Å². The van der Waals surface area contributed by atoms with Crippen LogP contribution in [0.1, 0.15) is 25.7 Å². The molecule has 1 N–H and O–H groups in total. The first-order valence-electron chi connectivity index (χ1n) is 9.92. The molecule has 2 aliphatic rings. The summed E-state index contributed by atoms with van der Waals surface area (Å²) in [6.07, 6.45) is 4.71. The first kappa shape index (κ1) is 17.7. The van der Waals surface area contributed by atoms with Crippen LogP contribution in [0.25, 0.3) is 0 Å². The molecule has 0 atom stereocenters. The molecule has 0 spiro atoms. The predicted molar refractivity (Wildman–Crippen MR) is 108 cm³/mol. The number of benzene rings is 2. The zero-order valence-electron chi connectivity index (χ0n) is 15.6. The molecule has 2 amide bonds. The predicted octanol–water partition coefficient (Wildman–Crippen LogP) is 4.25. The van der Waals surface area contributed by atoms with Gasteiger partial charge >= 0.3 is 6.03 Å². The lowest BCUT2D eigenvalue weighted by molar-refractivity contribution is 0.190. The number of anilines is 1. The number of nitrogens with zero attached hydrogens (tertiary/aromatic N) is 2. The highest BCUT2D eigenvalue weighted by Gasteiger charge is 2.25. The van der Waals surface area contributed by atoms with Crippen molar-refractivity contribution in [3.63, 3.8) is 0 Å². The molecule has 0 aromatic heterocycles. The lowest BCUT2D eigenvalue weighted by Crippen LogP contribution is -2.53. The van der Waals surface area contributed by atoms with Gasteiger partial charge in [-0.25, -0.2) is 4.79 Å². The standard InChI is InChI=1S/C22H27N3O2/c26-22(23-18-8-4-5-9-18)25-16-14-24(15-17-25)20-12-6-7-13-21(20)27-19-10-2-1-3-11-19/h1-3,6-7,10-13,18H,4-5,8-9,14-17H2,(H,23,26). The topological polar surface area (TPSA) is 44.8 Å². The lowest BCUT2D eigenvalue weighted by Gasteiger charge is -2.37. The number of urea groups is 1. The van der Waals surface area contributed by atoms with Gasteiger partial charge in [0, 0.05) is 32.2 Å². The van der Waals surface area contributed by atoms with Gasteiger partial charge in [-0.2, -0.15) is 0 Å².